The summed E-state index contributed by atoms with van der Waals surface area (Å²) in [5.74, 6) is -0.00784. The van der Waals surface area contributed by atoms with Crippen LogP contribution in [0.3, 0.4) is 0 Å². The van der Waals surface area contributed by atoms with Crippen LogP contribution in [0.4, 0.5) is 4.39 Å². The number of halogens is 2. The van der Waals surface area contributed by atoms with Gasteiger partial charge in [0.2, 0.25) is 0 Å². The number of benzene rings is 1. The van der Waals surface area contributed by atoms with E-state index in [0.29, 0.717) is 28.7 Å². The van der Waals surface area contributed by atoms with E-state index in [-0.39, 0.29) is 24.3 Å². The summed E-state index contributed by atoms with van der Waals surface area (Å²) < 4.78 is 16.0. The van der Waals surface area contributed by atoms with Crippen molar-refractivity contribution in [2.75, 3.05) is 0 Å². The highest BCUT2D eigenvalue weighted by Crippen LogP contribution is 2.32. The molecule has 2 aromatic rings. The van der Waals surface area contributed by atoms with Gasteiger partial charge in [-0.2, -0.15) is 5.10 Å². The van der Waals surface area contributed by atoms with Gasteiger partial charge in [0.25, 0.3) is 5.91 Å². The maximum Gasteiger partial charge on any atom is 0.272 e. The minimum Gasteiger partial charge on any atom is -0.330 e. The minimum atomic E-state index is -0.375. The van der Waals surface area contributed by atoms with Crippen molar-refractivity contribution >= 4 is 17.5 Å². The third-order valence-corrected chi connectivity index (χ3v) is 4.96. The third-order valence-electron chi connectivity index (χ3n) is 4.61. The van der Waals surface area contributed by atoms with Gasteiger partial charge < -0.3 is 4.90 Å². The maximum atomic E-state index is 14.2. The molecule has 0 unspecified atom stereocenters. The lowest BCUT2D eigenvalue weighted by Gasteiger charge is -2.23. The van der Waals surface area contributed by atoms with Gasteiger partial charge in [-0.1, -0.05) is 31.5 Å². The molecule has 26 heavy (non-hydrogen) atoms. The number of carbonyl (C=O) groups is 1. The van der Waals surface area contributed by atoms with Crippen molar-refractivity contribution in [3.8, 4) is 0 Å². The number of nitrogens with zero attached hydrogens (tertiary/aromatic N) is 3. The SMILES string of the molecule is CCn1nc(CC(C)C)cc1C(=O)N(Cc1c(F)cccc1Cl)C1CC1. The number of aromatic nitrogens is 2. The van der Waals surface area contributed by atoms with Crippen molar-refractivity contribution in [2.45, 2.75) is 59.2 Å². The van der Waals surface area contributed by atoms with E-state index >= 15 is 0 Å². The van der Waals surface area contributed by atoms with Crippen molar-refractivity contribution in [1.29, 1.82) is 0 Å². The van der Waals surface area contributed by atoms with Crippen LogP contribution in [-0.2, 0) is 19.5 Å². The van der Waals surface area contributed by atoms with Crippen LogP contribution in [0, 0.1) is 11.7 Å². The van der Waals surface area contributed by atoms with Crippen LogP contribution in [0.25, 0.3) is 0 Å². The number of hydrogen-bond donors (Lipinski definition) is 0. The highest BCUT2D eigenvalue weighted by atomic mass is 35.5. The van der Waals surface area contributed by atoms with Gasteiger partial charge >= 0.3 is 0 Å². The van der Waals surface area contributed by atoms with E-state index in [9.17, 15) is 9.18 Å². The normalized spacial score (nSPS) is 14.1. The van der Waals surface area contributed by atoms with E-state index in [1.807, 2.05) is 13.0 Å². The van der Waals surface area contributed by atoms with E-state index in [0.717, 1.165) is 25.0 Å². The second-order valence-corrected chi connectivity index (χ2v) is 7.71. The lowest BCUT2D eigenvalue weighted by molar-refractivity contribution is 0.0715. The monoisotopic (exact) mass is 377 g/mol. The van der Waals surface area contributed by atoms with Crippen LogP contribution in [0.15, 0.2) is 24.3 Å². The van der Waals surface area contributed by atoms with Crippen LogP contribution >= 0.6 is 11.6 Å². The van der Waals surface area contributed by atoms with Crippen molar-refractivity contribution in [3.63, 3.8) is 0 Å². The van der Waals surface area contributed by atoms with Gasteiger partial charge in [-0.3, -0.25) is 9.48 Å². The largest absolute Gasteiger partial charge is 0.330 e. The van der Waals surface area contributed by atoms with Crippen LogP contribution in [-0.4, -0.2) is 26.6 Å². The van der Waals surface area contributed by atoms with Crippen molar-refractivity contribution in [3.05, 3.63) is 52.1 Å². The first-order chi connectivity index (χ1) is 12.4. The molecule has 6 heteroatoms. The number of hydrogen-bond acceptors (Lipinski definition) is 2. The van der Waals surface area contributed by atoms with Crippen LogP contribution < -0.4 is 0 Å². The first kappa shape index (κ1) is 18.9. The Bertz CT molecular complexity index is 778. The summed E-state index contributed by atoms with van der Waals surface area (Å²) in [6.07, 6.45) is 2.71. The Morgan fingerprint density at radius 3 is 2.73 bits per heavy atom. The Morgan fingerprint density at radius 1 is 1.42 bits per heavy atom. The second-order valence-electron chi connectivity index (χ2n) is 7.30. The molecule has 0 aliphatic heterocycles. The molecule has 0 saturated heterocycles. The lowest BCUT2D eigenvalue weighted by Crippen LogP contribution is -2.34. The summed E-state index contributed by atoms with van der Waals surface area (Å²) in [5.41, 5.74) is 1.87. The van der Waals surface area contributed by atoms with E-state index in [4.69, 9.17) is 11.6 Å². The first-order valence-electron chi connectivity index (χ1n) is 9.21. The molecule has 1 heterocycles. The van der Waals surface area contributed by atoms with Crippen molar-refractivity contribution in [1.82, 2.24) is 14.7 Å². The highest BCUT2D eigenvalue weighted by Gasteiger charge is 2.35. The molecule has 0 atom stereocenters. The van der Waals surface area contributed by atoms with Crippen LogP contribution in [0.2, 0.25) is 5.02 Å². The topological polar surface area (TPSA) is 38.1 Å². The van der Waals surface area contributed by atoms with Gasteiger partial charge in [0.1, 0.15) is 11.5 Å². The van der Waals surface area contributed by atoms with Gasteiger partial charge in [0, 0.05) is 23.2 Å². The average Bonchev–Trinajstić information content (AvgIpc) is 3.34. The molecule has 4 nitrogen and oxygen atoms in total. The van der Waals surface area contributed by atoms with Gasteiger partial charge in [0.15, 0.2) is 0 Å². The molecule has 140 valence electrons. The molecule has 0 spiro atoms. The molecular formula is C20H25ClFN3O. The van der Waals surface area contributed by atoms with Crippen LogP contribution in [0.5, 0.6) is 0 Å². The van der Waals surface area contributed by atoms with E-state index in [1.165, 1.54) is 6.07 Å². The summed E-state index contributed by atoms with van der Waals surface area (Å²) >= 11 is 6.17. The average molecular weight is 378 g/mol. The summed E-state index contributed by atoms with van der Waals surface area (Å²) in [4.78, 5) is 15.0. The molecular weight excluding hydrogens is 353 g/mol. The fourth-order valence-corrected chi connectivity index (χ4v) is 3.38. The Morgan fingerprint density at radius 2 is 2.15 bits per heavy atom. The molecule has 3 rings (SSSR count). The zero-order chi connectivity index (χ0) is 18.8. The molecule has 1 aromatic carbocycles. The third kappa shape index (κ3) is 4.09. The van der Waals surface area contributed by atoms with E-state index in [2.05, 4.69) is 18.9 Å². The quantitative estimate of drug-likeness (QED) is 0.701. The summed E-state index contributed by atoms with van der Waals surface area (Å²) in [5, 5.41) is 4.92. The number of rotatable bonds is 7. The number of amides is 1. The first-order valence-corrected chi connectivity index (χ1v) is 9.59. The summed E-state index contributed by atoms with van der Waals surface area (Å²) in [6, 6.07) is 6.64. The molecule has 1 saturated carbocycles. The maximum absolute atomic E-state index is 14.2. The zero-order valence-corrected chi connectivity index (χ0v) is 16.3. The van der Waals surface area contributed by atoms with Crippen molar-refractivity contribution in [2.24, 2.45) is 5.92 Å². The smallest absolute Gasteiger partial charge is 0.272 e. The van der Waals surface area contributed by atoms with Gasteiger partial charge in [0.05, 0.1) is 12.2 Å². The Hall–Kier alpha value is -1.88. The highest BCUT2D eigenvalue weighted by molar-refractivity contribution is 6.31. The standard InChI is InChI=1S/C20H25ClFN3O/c1-4-25-19(11-14(23-25)10-13(2)3)20(26)24(15-8-9-15)12-16-17(21)6-5-7-18(16)22/h5-7,11,13,15H,4,8-10,12H2,1-3H3. The fourth-order valence-electron chi connectivity index (χ4n) is 3.16. The molecule has 1 aliphatic rings. The zero-order valence-electron chi connectivity index (χ0n) is 15.5. The molecule has 0 bridgehead atoms. The fraction of sp³-hybridized carbons (Fsp3) is 0.500. The number of aryl methyl sites for hydroxylation is 1. The van der Waals surface area contributed by atoms with Gasteiger partial charge in [-0.25, -0.2) is 4.39 Å². The Balaban J connectivity index is 1.89. The molecule has 1 aliphatic carbocycles. The molecule has 1 aromatic heterocycles. The summed E-state index contributed by atoms with van der Waals surface area (Å²) in [6.45, 7) is 7.03. The van der Waals surface area contributed by atoms with Gasteiger partial charge in [-0.15, -0.1) is 0 Å². The molecule has 0 radical (unpaired) electrons. The van der Waals surface area contributed by atoms with Gasteiger partial charge in [-0.05, 0) is 50.3 Å². The molecule has 0 N–H and O–H groups in total. The minimum absolute atomic E-state index is 0.101. The van der Waals surface area contributed by atoms with Crippen molar-refractivity contribution < 1.29 is 9.18 Å². The van der Waals surface area contributed by atoms with E-state index in [1.54, 1.807) is 21.7 Å². The van der Waals surface area contributed by atoms with E-state index < -0.39 is 0 Å². The summed E-state index contributed by atoms with van der Waals surface area (Å²) in [7, 11) is 0. The predicted molar refractivity (Wildman–Crippen MR) is 101 cm³/mol. The molecule has 1 amide bonds. The predicted octanol–water partition coefficient (Wildman–Crippen LogP) is 4.70. The Labute approximate surface area is 158 Å². The van der Waals surface area contributed by atoms with Crippen LogP contribution in [0.1, 0.15) is 55.4 Å². The molecule has 1 fully saturated rings. The number of carbonyl (C=O) groups excluding carboxylic acids is 1. The lowest BCUT2D eigenvalue weighted by atomic mass is 10.1. The second kappa shape index (κ2) is 7.78. The Kier molecular flexibility index (Phi) is 5.66.